The van der Waals surface area contributed by atoms with Gasteiger partial charge in [0.2, 0.25) is 0 Å². The van der Waals surface area contributed by atoms with Crippen LogP contribution in [0.4, 0.5) is 4.39 Å². The zero-order valence-electron chi connectivity index (χ0n) is 11.6. The molecule has 0 amide bonds. The molecule has 0 bridgehead atoms. The van der Waals surface area contributed by atoms with Crippen molar-refractivity contribution in [1.29, 1.82) is 0 Å². The molecule has 1 aliphatic rings. The number of rotatable bonds is 6. The molecule has 0 aliphatic carbocycles. The van der Waals surface area contributed by atoms with Gasteiger partial charge in [0, 0.05) is 19.0 Å². The minimum atomic E-state index is -0.758. The summed E-state index contributed by atoms with van der Waals surface area (Å²) >= 11 is 1.81. The van der Waals surface area contributed by atoms with Gasteiger partial charge in [0.1, 0.15) is 5.82 Å². The number of thioether (sulfide) groups is 1. The Morgan fingerprint density at radius 1 is 1.40 bits per heavy atom. The van der Waals surface area contributed by atoms with Crippen molar-refractivity contribution in [2.45, 2.75) is 12.3 Å². The summed E-state index contributed by atoms with van der Waals surface area (Å²) in [6, 6.07) is 6.23. The SMILES string of the molecule is CSCCCN1C[C@@H](C(=O)O)[C@H](c2ccc(F)cc2)C1. The van der Waals surface area contributed by atoms with Crippen molar-refractivity contribution in [3.63, 3.8) is 0 Å². The lowest BCUT2D eigenvalue weighted by atomic mass is 9.89. The van der Waals surface area contributed by atoms with E-state index in [2.05, 4.69) is 11.2 Å². The molecule has 1 aliphatic heterocycles. The van der Waals surface area contributed by atoms with Crippen LogP contribution in [0.5, 0.6) is 0 Å². The lowest BCUT2D eigenvalue weighted by Crippen LogP contribution is -2.24. The van der Waals surface area contributed by atoms with Gasteiger partial charge in [-0.3, -0.25) is 4.79 Å². The Morgan fingerprint density at radius 3 is 2.70 bits per heavy atom. The van der Waals surface area contributed by atoms with Crippen LogP contribution in [-0.4, -0.2) is 47.6 Å². The zero-order valence-corrected chi connectivity index (χ0v) is 12.4. The second-order valence-corrected chi connectivity index (χ2v) is 6.19. The van der Waals surface area contributed by atoms with Gasteiger partial charge in [-0.15, -0.1) is 0 Å². The van der Waals surface area contributed by atoms with Crippen molar-refractivity contribution >= 4 is 17.7 Å². The summed E-state index contributed by atoms with van der Waals surface area (Å²) in [5.74, 6) is -0.380. The van der Waals surface area contributed by atoms with E-state index in [9.17, 15) is 14.3 Å². The van der Waals surface area contributed by atoms with Gasteiger partial charge in [-0.1, -0.05) is 12.1 Å². The molecule has 1 N–H and O–H groups in total. The number of nitrogens with zero attached hydrogens (tertiary/aromatic N) is 1. The molecule has 20 heavy (non-hydrogen) atoms. The highest BCUT2D eigenvalue weighted by Crippen LogP contribution is 2.33. The fourth-order valence-corrected chi connectivity index (χ4v) is 3.22. The Labute approximate surface area is 123 Å². The Bertz CT molecular complexity index is 452. The van der Waals surface area contributed by atoms with E-state index in [0.29, 0.717) is 6.54 Å². The first kappa shape index (κ1) is 15.3. The molecule has 2 rings (SSSR count). The van der Waals surface area contributed by atoms with Gasteiger partial charge in [0.15, 0.2) is 0 Å². The second kappa shape index (κ2) is 7.09. The quantitative estimate of drug-likeness (QED) is 0.820. The second-order valence-electron chi connectivity index (χ2n) is 5.21. The molecule has 110 valence electrons. The van der Waals surface area contributed by atoms with E-state index < -0.39 is 11.9 Å². The minimum absolute atomic E-state index is 0.0395. The van der Waals surface area contributed by atoms with Gasteiger partial charge >= 0.3 is 5.97 Å². The topological polar surface area (TPSA) is 40.5 Å². The fraction of sp³-hybridized carbons (Fsp3) is 0.533. The zero-order chi connectivity index (χ0) is 14.5. The predicted molar refractivity (Wildman–Crippen MR) is 79.7 cm³/mol. The lowest BCUT2D eigenvalue weighted by Gasteiger charge is -2.15. The third-order valence-corrected chi connectivity index (χ3v) is 4.53. The molecule has 1 fully saturated rings. The molecule has 1 aromatic carbocycles. The first-order valence-electron chi connectivity index (χ1n) is 6.81. The third kappa shape index (κ3) is 3.73. The van der Waals surface area contributed by atoms with Gasteiger partial charge in [-0.25, -0.2) is 4.39 Å². The van der Waals surface area contributed by atoms with Gasteiger partial charge in [0.25, 0.3) is 0 Å². The van der Waals surface area contributed by atoms with Crippen molar-refractivity contribution in [2.75, 3.05) is 31.6 Å². The van der Waals surface area contributed by atoms with Crippen molar-refractivity contribution in [1.82, 2.24) is 4.90 Å². The maximum atomic E-state index is 13.0. The molecule has 1 heterocycles. The molecule has 0 radical (unpaired) electrons. The van der Waals surface area contributed by atoms with Crippen LogP contribution in [0.3, 0.4) is 0 Å². The Kier molecular flexibility index (Phi) is 5.43. The fourth-order valence-electron chi connectivity index (χ4n) is 2.80. The standard InChI is InChI=1S/C15H20FNO2S/c1-20-8-2-7-17-9-13(14(10-17)15(18)19)11-3-5-12(16)6-4-11/h3-6,13-14H,2,7-10H2,1H3,(H,18,19)/t13-,14+/m0/s1. The summed E-state index contributed by atoms with van der Waals surface area (Å²) in [6.07, 6.45) is 3.15. The van der Waals surface area contributed by atoms with Crippen LogP contribution in [0.1, 0.15) is 17.9 Å². The molecule has 0 saturated carbocycles. The summed E-state index contributed by atoms with van der Waals surface area (Å²) in [4.78, 5) is 13.6. The highest BCUT2D eigenvalue weighted by atomic mass is 32.2. The normalized spacial score (nSPS) is 23.1. The molecular formula is C15H20FNO2S. The molecule has 1 saturated heterocycles. The maximum Gasteiger partial charge on any atom is 0.308 e. The molecule has 3 nitrogen and oxygen atoms in total. The number of likely N-dealkylation sites (tertiary alicyclic amines) is 1. The lowest BCUT2D eigenvalue weighted by molar-refractivity contribution is -0.141. The van der Waals surface area contributed by atoms with Gasteiger partial charge in [-0.2, -0.15) is 11.8 Å². The highest BCUT2D eigenvalue weighted by molar-refractivity contribution is 7.98. The van der Waals surface area contributed by atoms with E-state index in [-0.39, 0.29) is 11.7 Å². The van der Waals surface area contributed by atoms with Crippen molar-refractivity contribution in [3.05, 3.63) is 35.6 Å². The Morgan fingerprint density at radius 2 is 2.10 bits per heavy atom. The van der Waals surface area contributed by atoms with E-state index in [1.54, 1.807) is 23.9 Å². The molecular weight excluding hydrogens is 277 g/mol. The van der Waals surface area contributed by atoms with Crippen LogP contribution >= 0.6 is 11.8 Å². The number of carboxylic acids is 1. The van der Waals surface area contributed by atoms with Crippen molar-refractivity contribution < 1.29 is 14.3 Å². The van der Waals surface area contributed by atoms with Gasteiger partial charge < -0.3 is 10.0 Å². The summed E-state index contributed by atoms with van der Waals surface area (Å²) in [6.45, 7) is 2.27. The van der Waals surface area contributed by atoms with E-state index in [1.807, 2.05) is 0 Å². The average Bonchev–Trinajstić information content (AvgIpc) is 2.84. The third-order valence-electron chi connectivity index (χ3n) is 3.83. The number of carbonyl (C=O) groups is 1. The molecule has 0 unspecified atom stereocenters. The summed E-state index contributed by atoms with van der Waals surface area (Å²) in [5, 5.41) is 9.38. The van der Waals surface area contributed by atoms with E-state index in [0.717, 1.165) is 30.8 Å². The number of carboxylic acid groups (broad SMARTS) is 1. The smallest absolute Gasteiger partial charge is 0.308 e. The number of hydrogen-bond acceptors (Lipinski definition) is 3. The van der Waals surface area contributed by atoms with Crippen molar-refractivity contribution in [2.24, 2.45) is 5.92 Å². The molecule has 2 atom stereocenters. The number of hydrogen-bond donors (Lipinski definition) is 1. The molecule has 1 aromatic rings. The summed E-state index contributed by atoms with van der Waals surface area (Å²) < 4.78 is 13.0. The van der Waals surface area contributed by atoms with E-state index in [4.69, 9.17) is 0 Å². The monoisotopic (exact) mass is 297 g/mol. The van der Waals surface area contributed by atoms with Crippen LogP contribution in [0.2, 0.25) is 0 Å². The summed E-state index contributed by atoms with van der Waals surface area (Å²) in [7, 11) is 0. The minimum Gasteiger partial charge on any atom is -0.481 e. The molecule has 0 aromatic heterocycles. The van der Waals surface area contributed by atoms with E-state index in [1.165, 1.54) is 12.1 Å². The summed E-state index contributed by atoms with van der Waals surface area (Å²) in [5.41, 5.74) is 0.922. The largest absolute Gasteiger partial charge is 0.481 e. The maximum absolute atomic E-state index is 13.0. The number of benzene rings is 1. The average molecular weight is 297 g/mol. The van der Waals surface area contributed by atoms with Crippen molar-refractivity contribution in [3.8, 4) is 0 Å². The highest BCUT2D eigenvalue weighted by Gasteiger charge is 2.38. The predicted octanol–water partition coefficient (Wildman–Crippen LogP) is 2.68. The van der Waals surface area contributed by atoms with Gasteiger partial charge in [0.05, 0.1) is 5.92 Å². The first-order valence-corrected chi connectivity index (χ1v) is 8.20. The number of aliphatic carboxylic acids is 1. The van der Waals surface area contributed by atoms with Crippen LogP contribution in [0, 0.1) is 11.7 Å². The van der Waals surface area contributed by atoms with Crippen LogP contribution in [0.15, 0.2) is 24.3 Å². The van der Waals surface area contributed by atoms with Gasteiger partial charge in [-0.05, 0) is 42.7 Å². The van der Waals surface area contributed by atoms with Crippen LogP contribution in [0.25, 0.3) is 0 Å². The number of halogens is 1. The Balaban J connectivity index is 2.05. The Hall–Kier alpha value is -1.07. The molecule has 0 spiro atoms. The molecule has 5 heteroatoms. The van der Waals surface area contributed by atoms with E-state index >= 15 is 0 Å². The first-order chi connectivity index (χ1) is 9.61. The van der Waals surface area contributed by atoms with Crippen LogP contribution in [-0.2, 0) is 4.79 Å². The van der Waals surface area contributed by atoms with Crippen LogP contribution < -0.4 is 0 Å².